The van der Waals surface area contributed by atoms with Crippen LogP contribution in [0.25, 0.3) is 0 Å². The van der Waals surface area contributed by atoms with Gasteiger partial charge in [0.1, 0.15) is 6.54 Å². The molecule has 4 nitrogen and oxygen atoms in total. The van der Waals surface area contributed by atoms with Crippen LogP contribution in [0.4, 0.5) is 0 Å². The Morgan fingerprint density at radius 3 is 2.71 bits per heavy atom. The number of amides is 1. The van der Waals surface area contributed by atoms with Crippen molar-refractivity contribution in [3.63, 3.8) is 0 Å². The fourth-order valence-electron chi connectivity index (χ4n) is 3.23. The second kappa shape index (κ2) is 8.23. The van der Waals surface area contributed by atoms with E-state index < -0.39 is 0 Å². The van der Waals surface area contributed by atoms with E-state index in [1.165, 1.54) is 31.4 Å². The van der Waals surface area contributed by atoms with E-state index in [0.29, 0.717) is 12.6 Å². The molecule has 0 saturated heterocycles. The molecule has 1 aliphatic carbocycles. The Labute approximate surface area is 128 Å². The summed E-state index contributed by atoms with van der Waals surface area (Å²) < 4.78 is 2.05. The van der Waals surface area contributed by atoms with Gasteiger partial charge in [0.15, 0.2) is 0 Å². The van der Waals surface area contributed by atoms with Crippen LogP contribution < -0.4 is 10.6 Å². The summed E-state index contributed by atoms with van der Waals surface area (Å²) in [4.78, 5) is 12.3. The molecular weight excluding hydrogens is 262 g/mol. The van der Waals surface area contributed by atoms with Crippen LogP contribution in [0.3, 0.4) is 0 Å². The number of nitrogens with zero attached hydrogens (tertiary/aromatic N) is 1. The maximum Gasteiger partial charge on any atom is 0.240 e. The summed E-state index contributed by atoms with van der Waals surface area (Å²) in [6.45, 7) is 5.59. The van der Waals surface area contributed by atoms with Gasteiger partial charge in [-0.15, -0.1) is 0 Å². The van der Waals surface area contributed by atoms with Gasteiger partial charge in [0.2, 0.25) is 5.91 Å². The highest BCUT2D eigenvalue weighted by molar-refractivity contribution is 5.76. The first-order valence-corrected chi connectivity index (χ1v) is 8.38. The van der Waals surface area contributed by atoms with Crippen molar-refractivity contribution < 1.29 is 4.79 Å². The van der Waals surface area contributed by atoms with Gasteiger partial charge >= 0.3 is 0 Å². The number of hydrogen-bond acceptors (Lipinski definition) is 2. The molecule has 1 heterocycles. The van der Waals surface area contributed by atoms with E-state index in [0.717, 1.165) is 19.4 Å². The van der Waals surface area contributed by atoms with Crippen molar-refractivity contribution in [3.8, 4) is 0 Å². The molecule has 1 aromatic heterocycles. The summed E-state index contributed by atoms with van der Waals surface area (Å²) in [5.41, 5.74) is 1.17. The summed E-state index contributed by atoms with van der Waals surface area (Å²) in [6, 6.07) is 4.76. The fraction of sp³-hybridized carbons (Fsp3) is 0.706. The molecule has 0 radical (unpaired) electrons. The van der Waals surface area contributed by atoms with Gasteiger partial charge in [0, 0.05) is 24.0 Å². The summed E-state index contributed by atoms with van der Waals surface area (Å²) in [5, 5.41) is 6.61. The largest absolute Gasteiger partial charge is 0.352 e. The topological polar surface area (TPSA) is 46.1 Å². The van der Waals surface area contributed by atoms with Crippen molar-refractivity contribution in [1.29, 1.82) is 0 Å². The van der Waals surface area contributed by atoms with E-state index >= 15 is 0 Å². The van der Waals surface area contributed by atoms with Crippen LogP contribution in [0.15, 0.2) is 18.3 Å². The number of carbonyl (C=O) groups excluding carboxylic acids is 1. The average molecular weight is 291 g/mol. The van der Waals surface area contributed by atoms with Gasteiger partial charge in [-0.3, -0.25) is 4.79 Å². The third-order valence-electron chi connectivity index (χ3n) is 4.35. The highest BCUT2D eigenvalue weighted by atomic mass is 16.2. The molecule has 1 amide bonds. The van der Waals surface area contributed by atoms with Crippen molar-refractivity contribution in [2.75, 3.05) is 6.54 Å². The first-order valence-electron chi connectivity index (χ1n) is 8.38. The molecule has 1 saturated carbocycles. The van der Waals surface area contributed by atoms with Crippen molar-refractivity contribution >= 4 is 5.91 Å². The van der Waals surface area contributed by atoms with Gasteiger partial charge in [-0.25, -0.2) is 0 Å². The third-order valence-corrected chi connectivity index (χ3v) is 4.35. The monoisotopic (exact) mass is 291 g/mol. The maximum absolute atomic E-state index is 12.3. The number of carbonyl (C=O) groups is 1. The molecule has 2 N–H and O–H groups in total. The molecule has 0 aromatic carbocycles. The van der Waals surface area contributed by atoms with Crippen LogP contribution in [-0.2, 0) is 11.3 Å². The lowest BCUT2D eigenvalue weighted by Gasteiger charge is -2.19. The molecular formula is C17H29N3O. The molecule has 0 spiro atoms. The van der Waals surface area contributed by atoms with E-state index in [1.54, 1.807) is 0 Å². The molecule has 1 aliphatic rings. The number of aromatic nitrogens is 1. The minimum atomic E-state index is 0.142. The highest BCUT2D eigenvalue weighted by Gasteiger charge is 2.16. The van der Waals surface area contributed by atoms with Crippen LogP contribution in [-0.4, -0.2) is 23.1 Å². The van der Waals surface area contributed by atoms with E-state index in [-0.39, 0.29) is 11.9 Å². The Bertz CT molecular complexity index is 433. The van der Waals surface area contributed by atoms with Crippen molar-refractivity contribution in [1.82, 2.24) is 15.2 Å². The molecule has 21 heavy (non-hydrogen) atoms. The van der Waals surface area contributed by atoms with Crippen LogP contribution in [0.1, 0.15) is 64.1 Å². The van der Waals surface area contributed by atoms with E-state index in [2.05, 4.69) is 35.1 Å². The molecule has 0 aliphatic heterocycles. The lowest BCUT2D eigenvalue weighted by atomic mass is 10.1. The standard InChI is InChI=1S/C17H29N3O/c1-3-18-14(2)16-11-8-12-20(16)13-17(21)19-15-9-6-4-5-7-10-15/h8,11-12,14-15,18H,3-7,9-10,13H2,1-2H3,(H,19,21). The maximum atomic E-state index is 12.3. The van der Waals surface area contributed by atoms with Gasteiger partial charge in [0.25, 0.3) is 0 Å². The predicted molar refractivity (Wildman–Crippen MR) is 86.2 cm³/mol. The predicted octanol–water partition coefficient (Wildman–Crippen LogP) is 3.00. The quantitative estimate of drug-likeness (QED) is 0.792. The molecule has 0 bridgehead atoms. The Morgan fingerprint density at radius 2 is 2.05 bits per heavy atom. The van der Waals surface area contributed by atoms with Gasteiger partial charge in [-0.1, -0.05) is 32.6 Å². The number of hydrogen-bond donors (Lipinski definition) is 2. The SMILES string of the molecule is CCNC(C)c1cccn1CC(=O)NC1CCCCCC1. The highest BCUT2D eigenvalue weighted by Crippen LogP contribution is 2.17. The zero-order chi connectivity index (χ0) is 15.1. The normalized spacial score (nSPS) is 18.2. The first-order chi connectivity index (χ1) is 10.2. The number of nitrogens with one attached hydrogen (secondary N) is 2. The second-order valence-electron chi connectivity index (χ2n) is 6.10. The first kappa shape index (κ1) is 16.1. The summed E-state index contributed by atoms with van der Waals surface area (Å²) in [7, 11) is 0. The van der Waals surface area contributed by atoms with Crippen LogP contribution in [0, 0.1) is 0 Å². The molecule has 4 heteroatoms. The Morgan fingerprint density at radius 1 is 1.33 bits per heavy atom. The van der Waals surface area contributed by atoms with Crippen molar-refractivity contribution in [2.45, 2.75) is 71.0 Å². The van der Waals surface area contributed by atoms with Crippen LogP contribution >= 0.6 is 0 Å². The summed E-state index contributed by atoms with van der Waals surface area (Å²) in [5.74, 6) is 0.142. The molecule has 1 aromatic rings. The van der Waals surface area contributed by atoms with Gasteiger partial charge in [-0.05, 0) is 38.4 Å². The summed E-state index contributed by atoms with van der Waals surface area (Å²) >= 11 is 0. The zero-order valence-electron chi connectivity index (χ0n) is 13.4. The van der Waals surface area contributed by atoms with Crippen LogP contribution in [0.5, 0.6) is 0 Å². The minimum Gasteiger partial charge on any atom is -0.352 e. The molecule has 2 rings (SSSR count). The van der Waals surface area contributed by atoms with Crippen molar-refractivity contribution in [3.05, 3.63) is 24.0 Å². The van der Waals surface area contributed by atoms with Gasteiger partial charge in [0.05, 0.1) is 0 Å². The molecule has 1 atom stereocenters. The minimum absolute atomic E-state index is 0.142. The van der Waals surface area contributed by atoms with Gasteiger partial charge < -0.3 is 15.2 Å². The second-order valence-corrected chi connectivity index (χ2v) is 6.10. The lowest BCUT2D eigenvalue weighted by Crippen LogP contribution is -2.37. The number of rotatable bonds is 6. The summed E-state index contributed by atoms with van der Waals surface area (Å²) in [6.07, 6.45) is 9.39. The van der Waals surface area contributed by atoms with E-state index in [4.69, 9.17) is 0 Å². The molecule has 1 unspecified atom stereocenters. The van der Waals surface area contributed by atoms with E-state index in [1.807, 2.05) is 12.3 Å². The Balaban J connectivity index is 1.89. The van der Waals surface area contributed by atoms with Crippen molar-refractivity contribution in [2.24, 2.45) is 0 Å². The zero-order valence-corrected chi connectivity index (χ0v) is 13.4. The Hall–Kier alpha value is -1.29. The molecule has 1 fully saturated rings. The van der Waals surface area contributed by atoms with E-state index in [9.17, 15) is 4.79 Å². The fourth-order valence-corrected chi connectivity index (χ4v) is 3.23. The lowest BCUT2D eigenvalue weighted by molar-refractivity contribution is -0.122. The Kier molecular flexibility index (Phi) is 6.30. The molecule has 118 valence electrons. The van der Waals surface area contributed by atoms with Gasteiger partial charge in [-0.2, -0.15) is 0 Å². The third kappa shape index (κ3) is 4.88. The average Bonchev–Trinajstić information content (AvgIpc) is 2.75. The van der Waals surface area contributed by atoms with Crippen LogP contribution in [0.2, 0.25) is 0 Å². The smallest absolute Gasteiger partial charge is 0.240 e.